The van der Waals surface area contributed by atoms with Crippen LogP contribution in [-0.2, 0) is 10.0 Å². The standard InChI is InChI=1S/C13H22N4O2S/c1-14-20(18,19)11-6-7-13(15-8-11)16-9-12(17(2)3)10-4-5-10/h6-8,10,12,14H,4-5,9H2,1-3H3,(H,15,16). The third-order valence-corrected chi connectivity index (χ3v) is 5.04. The van der Waals surface area contributed by atoms with E-state index in [-0.39, 0.29) is 4.90 Å². The summed E-state index contributed by atoms with van der Waals surface area (Å²) >= 11 is 0. The second-order valence-electron chi connectivity index (χ2n) is 5.34. The number of aromatic nitrogens is 1. The predicted octanol–water partition coefficient (Wildman–Crippen LogP) is 0.742. The number of anilines is 1. The second-order valence-corrected chi connectivity index (χ2v) is 7.22. The minimum atomic E-state index is -3.41. The van der Waals surface area contributed by atoms with Crippen LogP contribution in [0.15, 0.2) is 23.2 Å². The average molecular weight is 298 g/mol. The molecule has 1 saturated carbocycles. The molecule has 0 aromatic carbocycles. The highest BCUT2D eigenvalue weighted by molar-refractivity contribution is 7.89. The highest BCUT2D eigenvalue weighted by Gasteiger charge is 2.32. The molecule has 2 rings (SSSR count). The van der Waals surface area contributed by atoms with E-state index >= 15 is 0 Å². The Bertz CT molecular complexity index is 536. The summed E-state index contributed by atoms with van der Waals surface area (Å²) in [4.78, 5) is 6.56. The lowest BCUT2D eigenvalue weighted by atomic mass is 10.1. The summed E-state index contributed by atoms with van der Waals surface area (Å²) in [6, 6.07) is 3.75. The molecule has 1 fully saturated rings. The molecule has 1 aromatic heterocycles. The third-order valence-electron chi connectivity index (χ3n) is 3.64. The summed E-state index contributed by atoms with van der Waals surface area (Å²) < 4.78 is 25.4. The summed E-state index contributed by atoms with van der Waals surface area (Å²) in [5.41, 5.74) is 0. The van der Waals surface area contributed by atoms with Gasteiger partial charge in [-0.05, 0) is 52.0 Å². The Morgan fingerprint density at radius 1 is 1.40 bits per heavy atom. The van der Waals surface area contributed by atoms with Gasteiger partial charge in [0.15, 0.2) is 0 Å². The molecular weight excluding hydrogens is 276 g/mol. The second kappa shape index (κ2) is 6.07. The first-order valence-corrected chi connectivity index (χ1v) is 8.22. The van der Waals surface area contributed by atoms with Crippen LogP contribution in [0.3, 0.4) is 0 Å². The molecule has 0 bridgehead atoms. The molecule has 6 nitrogen and oxygen atoms in total. The van der Waals surface area contributed by atoms with Crippen LogP contribution in [0.1, 0.15) is 12.8 Å². The Morgan fingerprint density at radius 3 is 2.55 bits per heavy atom. The van der Waals surface area contributed by atoms with Crippen LogP contribution in [0.25, 0.3) is 0 Å². The Morgan fingerprint density at radius 2 is 2.10 bits per heavy atom. The predicted molar refractivity (Wildman–Crippen MR) is 79.2 cm³/mol. The zero-order valence-electron chi connectivity index (χ0n) is 12.1. The molecule has 20 heavy (non-hydrogen) atoms. The number of hydrogen-bond acceptors (Lipinski definition) is 5. The molecule has 7 heteroatoms. The first-order valence-electron chi connectivity index (χ1n) is 6.74. The van der Waals surface area contributed by atoms with Crippen LogP contribution in [0.2, 0.25) is 0 Å². The van der Waals surface area contributed by atoms with Crippen molar-refractivity contribution in [2.75, 3.05) is 33.0 Å². The largest absolute Gasteiger partial charge is 0.368 e. The summed E-state index contributed by atoms with van der Waals surface area (Å²) in [7, 11) is 2.14. The molecule has 1 aliphatic carbocycles. The van der Waals surface area contributed by atoms with Crippen molar-refractivity contribution < 1.29 is 8.42 Å². The van der Waals surface area contributed by atoms with Crippen LogP contribution < -0.4 is 10.0 Å². The lowest BCUT2D eigenvalue weighted by Crippen LogP contribution is -2.36. The van der Waals surface area contributed by atoms with Gasteiger partial charge in [0.25, 0.3) is 0 Å². The van der Waals surface area contributed by atoms with Gasteiger partial charge in [-0.2, -0.15) is 0 Å². The van der Waals surface area contributed by atoms with E-state index in [1.807, 2.05) is 0 Å². The van der Waals surface area contributed by atoms with E-state index in [0.29, 0.717) is 11.9 Å². The van der Waals surface area contributed by atoms with Crippen molar-refractivity contribution in [2.24, 2.45) is 5.92 Å². The van der Waals surface area contributed by atoms with Crippen molar-refractivity contribution >= 4 is 15.8 Å². The van der Waals surface area contributed by atoms with Gasteiger partial charge in [0.05, 0.1) is 0 Å². The van der Waals surface area contributed by atoms with Crippen molar-refractivity contribution in [3.8, 4) is 0 Å². The van der Waals surface area contributed by atoms with Crippen LogP contribution in [0, 0.1) is 5.92 Å². The van der Waals surface area contributed by atoms with Crippen LogP contribution in [-0.4, -0.2) is 52.0 Å². The molecule has 1 aromatic rings. The molecule has 1 aliphatic rings. The van der Waals surface area contributed by atoms with Gasteiger partial charge >= 0.3 is 0 Å². The van der Waals surface area contributed by atoms with Crippen molar-refractivity contribution in [3.05, 3.63) is 18.3 Å². The van der Waals surface area contributed by atoms with Crippen LogP contribution in [0.5, 0.6) is 0 Å². The summed E-state index contributed by atoms with van der Waals surface area (Å²) in [6.07, 6.45) is 3.95. The highest BCUT2D eigenvalue weighted by atomic mass is 32.2. The van der Waals surface area contributed by atoms with Crippen LogP contribution >= 0.6 is 0 Å². The minimum Gasteiger partial charge on any atom is -0.368 e. The van der Waals surface area contributed by atoms with E-state index in [1.54, 1.807) is 12.1 Å². The number of nitrogens with one attached hydrogen (secondary N) is 2. The van der Waals surface area contributed by atoms with E-state index in [9.17, 15) is 8.42 Å². The lowest BCUT2D eigenvalue weighted by molar-refractivity contribution is 0.276. The third kappa shape index (κ3) is 3.68. The quantitative estimate of drug-likeness (QED) is 0.777. The maximum atomic E-state index is 11.6. The fourth-order valence-corrected chi connectivity index (χ4v) is 2.90. The van der Waals surface area contributed by atoms with E-state index < -0.39 is 10.0 Å². The number of nitrogens with zero attached hydrogens (tertiary/aromatic N) is 2. The molecule has 0 spiro atoms. The smallest absolute Gasteiger partial charge is 0.241 e. The van der Waals surface area contributed by atoms with Crippen molar-refractivity contribution in [3.63, 3.8) is 0 Å². The van der Waals surface area contributed by atoms with Gasteiger partial charge in [-0.3, -0.25) is 0 Å². The number of pyridine rings is 1. The number of hydrogen-bond donors (Lipinski definition) is 2. The van der Waals surface area contributed by atoms with E-state index in [2.05, 4.69) is 34.0 Å². The van der Waals surface area contributed by atoms with Gasteiger partial charge in [-0.15, -0.1) is 0 Å². The average Bonchev–Trinajstić information content (AvgIpc) is 3.24. The number of sulfonamides is 1. The van der Waals surface area contributed by atoms with Crippen LogP contribution in [0.4, 0.5) is 5.82 Å². The van der Waals surface area contributed by atoms with E-state index in [0.717, 1.165) is 12.5 Å². The van der Waals surface area contributed by atoms with Gasteiger partial charge < -0.3 is 10.2 Å². The molecular formula is C13H22N4O2S. The lowest BCUT2D eigenvalue weighted by Gasteiger charge is -2.24. The molecule has 1 atom stereocenters. The maximum absolute atomic E-state index is 11.6. The first kappa shape index (κ1) is 15.2. The highest BCUT2D eigenvalue weighted by Crippen LogP contribution is 2.34. The number of rotatable bonds is 7. The summed E-state index contributed by atoms with van der Waals surface area (Å²) in [6.45, 7) is 0.822. The van der Waals surface area contributed by atoms with E-state index in [4.69, 9.17) is 0 Å². The van der Waals surface area contributed by atoms with E-state index in [1.165, 1.54) is 26.1 Å². The van der Waals surface area contributed by atoms with Gasteiger partial charge in [0, 0.05) is 18.8 Å². The van der Waals surface area contributed by atoms with Gasteiger partial charge in [-0.1, -0.05) is 0 Å². The molecule has 1 unspecified atom stereocenters. The van der Waals surface area contributed by atoms with Crippen molar-refractivity contribution in [1.29, 1.82) is 0 Å². The number of likely N-dealkylation sites (N-methyl/N-ethyl adjacent to an activating group) is 1. The molecule has 0 saturated heterocycles. The Hall–Kier alpha value is -1.18. The van der Waals surface area contributed by atoms with Gasteiger partial charge in [-0.25, -0.2) is 18.1 Å². The van der Waals surface area contributed by atoms with Gasteiger partial charge in [0.1, 0.15) is 10.7 Å². The first-order chi connectivity index (χ1) is 9.44. The fraction of sp³-hybridized carbons (Fsp3) is 0.615. The summed E-state index contributed by atoms with van der Waals surface area (Å²) in [5, 5.41) is 3.28. The zero-order valence-corrected chi connectivity index (χ0v) is 12.9. The molecule has 2 N–H and O–H groups in total. The van der Waals surface area contributed by atoms with Gasteiger partial charge in [0.2, 0.25) is 10.0 Å². The SMILES string of the molecule is CNS(=O)(=O)c1ccc(NCC(C2CC2)N(C)C)nc1. The molecule has 0 radical (unpaired) electrons. The summed E-state index contributed by atoms with van der Waals surface area (Å²) in [5.74, 6) is 1.47. The topological polar surface area (TPSA) is 74.3 Å². The molecule has 0 aliphatic heterocycles. The van der Waals surface area contributed by atoms with Crippen molar-refractivity contribution in [1.82, 2.24) is 14.6 Å². The van der Waals surface area contributed by atoms with Crippen molar-refractivity contribution in [2.45, 2.75) is 23.8 Å². The maximum Gasteiger partial charge on any atom is 0.241 e. The molecule has 0 amide bonds. The fourth-order valence-electron chi connectivity index (χ4n) is 2.22. The monoisotopic (exact) mass is 298 g/mol. The molecule has 1 heterocycles. The zero-order chi connectivity index (χ0) is 14.8. The minimum absolute atomic E-state index is 0.178. The Labute approximate surface area is 120 Å². The molecule has 112 valence electrons. The Kier molecular flexibility index (Phi) is 4.62. The Balaban J connectivity index is 1.97. The normalized spacial score (nSPS) is 17.2.